The van der Waals surface area contributed by atoms with Gasteiger partial charge in [0.2, 0.25) is 0 Å². The van der Waals surface area contributed by atoms with Crippen molar-refractivity contribution >= 4 is 15.9 Å². The molecular formula is C18H25BrN2. The van der Waals surface area contributed by atoms with Gasteiger partial charge in [0.1, 0.15) is 0 Å². The monoisotopic (exact) mass is 348 g/mol. The minimum absolute atomic E-state index is 0.227. The lowest BCUT2D eigenvalue weighted by Gasteiger charge is -2.45. The van der Waals surface area contributed by atoms with E-state index in [9.17, 15) is 0 Å². The molecule has 3 unspecified atom stereocenters. The fraction of sp³-hybridized carbons (Fsp3) is 0.667. The van der Waals surface area contributed by atoms with Crippen LogP contribution in [0.1, 0.15) is 36.8 Å². The summed E-state index contributed by atoms with van der Waals surface area (Å²) in [6, 6.07) is 6.79. The van der Waals surface area contributed by atoms with Crippen LogP contribution in [0.3, 0.4) is 0 Å². The number of halogens is 1. The minimum Gasteiger partial charge on any atom is -0.329 e. The molecule has 3 heteroatoms. The summed E-state index contributed by atoms with van der Waals surface area (Å²) in [7, 11) is 0. The minimum atomic E-state index is 0.227. The Hall–Kier alpha value is -0.380. The van der Waals surface area contributed by atoms with E-state index in [1.165, 1.54) is 60.8 Å². The second-order valence-corrected chi connectivity index (χ2v) is 8.29. The highest BCUT2D eigenvalue weighted by Crippen LogP contribution is 2.43. The van der Waals surface area contributed by atoms with Crippen molar-refractivity contribution in [1.82, 2.24) is 4.90 Å². The van der Waals surface area contributed by atoms with Gasteiger partial charge in [0, 0.05) is 29.6 Å². The van der Waals surface area contributed by atoms with Crippen LogP contribution >= 0.6 is 15.9 Å². The first-order chi connectivity index (χ1) is 10.2. The van der Waals surface area contributed by atoms with E-state index in [2.05, 4.69) is 39.0 Å². The number of aryl methyl sites for hydroxylation is 1. The lowest BCUT2D eigenvalue weighted by molar-refractivity contribution is 0.0970. The standard InChI is InChI=1S/C18H25BrN2/c19-17-5-4-14-9-18(12-20,7-6-13(14)8-17)21-10-15-2-1-3-16(15)11-21/h4-5,8,15-16H,1-3,6-7,9-12,20H2. The number of hydrogen-bond acceptors (Lipinski definition) is 2. The zero-order valence-electron chi connectivity index (χ0n) is 12.7. The normalized spacial score (nSPS) is 35.7. The first-order valence-electron chi connectivity index (χ1n) is 8.43. The van der Waals surface area contributed by atoms with Crippen molar-refractivity contribution in [2.24, 2.45) is 17.6 Å². The highest BCUT2D eigenvalue weighted by Gasteiger charge is 2.46. The van der Waals surface area contributed by atoms with Crippen molar-refractivity contribution in [2.75, 3.05) is 19.6 Å². The highest BCUT2D eigenvalue weighted by molar-refractivity contribution is 9.10. The van der Waals surface area contributed by atoms with E-state index in [1.54, 1.807) is 0 Å². The Morgan fingerprint density at radius 2 is 1.95 bits per heavy atom. The number of fused-ring (bicyclic) bond motifs is 2. The molecule has 0 amide bonds. The van der Waals surface area contributed by atoms with Gasteiger partial charge in [-0.05, 0) is 67.2 Å². The molecule has 2 nitrogen and oxygen atoms in total. The summed E-state index contributed by atoms with van der Waals surface area (Å²) in [5.74, 6) is 1.92. The smallest absolute Gasteiger partial charge is 0.0375 e. The Kier molecular flexibility index (Phi) is 3.63. The van der Waals surface area contributed by atoms with Gasteiger partial charge in [-0.2, -0.15) is 0 Å². The van der Waals surface area contributed by atoms with Crippen molar-refractivity contribution in [1.29, 1.82) is 0 Å². The van der Waals surface area contributed by atoms with E-state index < -0.39 is 0 Å². The van der Waals surface area contributed by atoms with E-state index in [4.69, 9.17) is 5.73 Å². The number of benzene rings is 1. The van der Waals surface area contributed by atoms with E-state index in [1.807, 2.05) is 0 Å². The maximum atomic E-state index is 6.30. The van der Waals surface area contributed by atoms with E-state index >= 15 is 0 Å². The Morgan fingerprint density at radius 1 is 1.19 bits per heavy atom. The van der Waals surface area contributed by atoms with E-state index in [0.29, 0.717) is 0 Å². The molecule has 2 aliphatic carbocycles. The van der Waals surface area contributed by atoms with Crippen LogP contribution in [0.2, 0.25) is 0 Å². The van der Waals surface area contributed by atoms with Crippen molar-refractivity contribution in [3.63, 3.8) is 0 Å². The molecule has 2 N–H and O–H groups in total. The Morgan fingerprint density at radius 3 is 2.67 bits per heavy atom. The van der Waals surface area contributed by atoms with Crippen LogP contribution in [0.4, 0.5) is 0 Å². The van der Waals surface area contributed by atoms with Crippen molar-refractivity contribution in [2.45, 2.75) is 44.1 Å². The lowest BCUT2D eigenvalue weighted by Crippen LogP contribution is -2.56. The second kappa shape index (κ2) is 5.36. The van der Waals surface area contributed by atoms with Crippen LogP contribution in [0.25, 0.3) is 0 Å². The van der Waals surface area contributed by atoms with E-state index in [-0.39, 0.29) is 5.54 Å². The Balaban J connectivity index is 1.59. The van der Waals surface area contributed by atoms with Gasteiger partial charge in [0.15, 0.2) is 0 Å². The van der Waals surface area contributed by atoms with E-state index in [0.717, 1.165) is 24.8 Å². The van der Waals surface area contributed by atoms with Crippen LogP contribution in [0, 0.1) is 11.8 Å². The summed E-state index contributed by atoms with van der Waals surface area (Å²) < 4.78 is 1.21. The van der Waals surface area contributed by atoms with Gasteiger partial charge >= 0.3 is 0 Å². The van der Waals surface area contributed by atoms with Crippen molar-refractivity contribution in [3.05, 3.63) is 33.8 Å². The second-order valence-electron chi connectivity index (χ2n) is 7.37. The maximum absolute atomic E-state index is 6.30. The number of likely N-dealkylation sites (tertiary alicyclic amines) is 1. The molecule has 1 heterocycles. The number of nitrogens with zero attached hydrogens (tertiary/aromatic N) is 1. The Labute approximate surface area is 136 Å². The summed E-state index contributed by atoms with van der Waals surface area (Å²) in [6.07, 6.45) is 7.90. The van der Waals surface area contributed by atoms with Crippen molar-refractivity contribution in [3.8, 4) is 0 Å². The topological polar surface area (TPSA) is 29.3 Å². The zero-order chi connectivity index (χ0) is 14.4. The largest absolute Gasteiger partial charge is 0.329 e. The molecule has 21 heavy (non-hydrogen) atoms. The quantitative estimate of drug-likeness (QED) is 0.887. The summed E-state index contributed by atoms with van der Waals surface area (Å²) in [6.45, 7) is 3.41. The first kappa shape index (κ1) is 14.2. The molecule has 0 radical (unpaired) electrons. The number of hydrogen-bond donors (Lipinski definition) is 1. The average molecular weight is 349 g/mol. The zero-order valence-corrected chi connectivity index (χ0v) is 14.2. The van der Waals surface area contributed by atoms with Gasteiger partial charge in [0.05, 0.1) is 0 Å². The number of rotatable bonds is 2. The molecule has 0 bridgehead atoms. The van der Waals surface area contributed by atoms with Gasteiger partial charge in [-0.15, -0.1) is 0 Å². The van der Waals surface area contributed by atoms with Gasteiger partial charge in [-0.1, -0.05) is 28.4 Å². The molecule has 1 aliphatic heterocycles. The summed E-state index contributed by atoms with van der Waals surface area (Å²) in [5.41, 5.74) is 9.57. The van der Waals surface area contributed by atoms with Crippen LogP contribution < -0.4 is 5.73 Å². The molecule has 0 aromatic heterocycles. The fourth-order valence-electron chi connectivity index (χ4n) is 5.01. The molecule has 1 aromatic carbocycles. The van der Waals surface area contributed by atoms with Gasteiger partial charge in [-0.3, -0.25) is 4.90 Å². The average Bonchev–Trinajstić information content (AvgIpc) is 3.08. The molecular weight excluding hydrogens is 324 g/mol. The third-order valence-electron chi connectivity index (χ3n) is 6.32. The molecule has 1 saturated heterocycles. The van der Waals surface area contributed by atoms with Gasteiger partial charge in [0.25, 0.3) is 0 Å². The lowest BCUT2D eigenvalue weighted by atomic mass is 9.77. The maximum Gasteiger partial charge on any atom is 0.0375 e. The summed E-state index contributed by atoms with van der Waals surface area (Å²) in [4.78, 5) is 2.77. The molecule has 1 aromatic rings. The molecule has 3 aliphatic rings. The Bertz CT molecular complexity index is 532. The third kappa shape index (κ3) is 2.38. The SMILES string of the molecule is NCC1(N2CC3CCCC3C2)CCc2cc(Br)ccc2C1. The molecule has 2 fully saturated rings. The molecule has 4 rings (SSSR count). The predicted octanol–water partition coefficient (Wildman–Crippen LogP) is 3.37. The van der Waals surface area contributed by atoms with Crippen molar-refractivity contribution < 1.29 is 0 Å². The van der Waals surface area contributed by atoms with Crippen LogP contribution in [-0.4, -0.2) is 30.1 Å². The van der Waals surface area contributed by atoms with Gasteiger partial charge < -0.3 is 5.73 Å². The predicted molar refractivity (Wildman–Crippen MR) is 90.4 cm³/mol. The first-order valence-corrected chi connectivity index (χ1v) is 9.22. The summed E-state index contributed by atoms with van der Waals surface area (Å²) >= 11 is 3.60. The molecule has 114 valence electrons. The third-order valence-corrected chi connectivity index (χ3v) is 6.82. The summed E-state index contributed by atoms with van der Waals surface area (Å²) in [5, 5.41) is 0. The van der Waals surface area contributed by atoms with Crippen LogP contribution in [0.15, 0.2) is 22.7 Å². The number of nitrogens with two attached hydrogens (primary N) is 1. The van der Waals surface area contributed by atoms with Crippen LogP contribution in [0.5, 0.6) is 0 Å². The van der Waals surface area contributed by atoms with Gasteiger partial charge in [-0.25, -0.2) is 0 Å². The molecule has 0 spiro atoms. The van der Waals surface area contributed by atoms with Crippen LogP contribution in [-0.2, 0) is 12.8 Å². The fourth-order valence-corrected chi connectivity index (χ4v) is 5.41. The highest BCUT2D eigenvalue weighted by atomic mass is 79.9. The molecule has 1 saturated carbocycles. The molecule has 3 atom stereocenters.